The van der Waals surface area contributed by atoms with Crippen molar-refractivity contribution in [1.82, 2.24) is 5.32 Å². The molecule has 138 valence electrons. The molecular formula is C21H25NO4. The van der Waals surface area contributed by atoms with Crippen LogP contribution in [0.5, 0.6) is 5.75 Å². The van der Waals surface area contributed by atoms with Gasteiger partial charge in [-0.1, -0.05) is 42.5 Å². The van der Waals surface area contributed by atoms with E-state index in [-0.39, 0.29) is 12.2 Å². The molecular weight excluding hydrogens is 330 g/mol. The molecule has 0 saturated heterocycles. The lowest BCUT2D eigenvalue weighted by molar-refractivity contribution is -0.109. The summed E-state index contributed by atoms with van der Waals surface area (Å²) in [4.78, 5) is 23.2. The average Bonchev–Trinajstić information content (AvgIpc) is 2.60. The van der Waals surface area contributed by atoms with Gasteiger partial charge >= 0.3 is 6.09 Å². The highest BCUT2D eigenvalue weighted by Gasteiger charge is 2.14. The van der Waals surface area contributed by atoms with Crippen LogP contribution in [-0.2, 0) is 22.6 Å². The Balaban J connectivity index is 1.84. The molecule has 1 N–H and O–H groups in total. The average molecular weight is 355 g/mol. The van der Waals surface area contributed by atoms with Crippen LogP contribution in [0.25, 0.3) is 0 Å². The molecule has 1 atom stereocenters. The van der Waals surface area contributed by atoms with Crippen LogP contribution in [0.1, 0.15) is 31.9 Å². The second-order valence-electron chi connectivity index (χ2n) is 7.01. The molecule has 0 aliphatic carbocycles. The topological polar surface area (TPSA) is 64.6 Å². The zero-order valence-corrected chi connectivity index (χ0v) is 15.4. The first-order valence-corrected chi connectivity index (χ1v) is 8.56. The lowest BCUT2D eigenvalue weighted by Crippen LogP contribution is -2.37. The molecule has 26 heavy (non-hydrogen) atoms. The molecule has 0 aromatic heterocycles. The Labute approximate surface area is 154 Å². The molecule has 2 aromatic rings. The second-order valence-corrected chi connectivity index (χ2v) is 7.01. The Hall–Kier alpha value is -2.82. The number of rotatable bonds is 7. The minimum absolute atomic E-state index is 0.164. The van der Waals surface area contributed by atoms with Crippen LogP contribution in [-0.4, -0.2) is 24.0 Å². The molecule has 0 bridgehead atoms. The summed E-state index contributed by atoms with van der Waals surface area (Å²) < 4.78 is 10.9. The zero-order chi connectivity index (χ0) is 19.0. The summed E-state index contributed by atoms with van der Waals surface area (Å²) in [5.41, 5.74) is 1.54. The predicted molar refractivity (Wildman–Crippen MR) is 100 cm³/mol. The number of carbonyl (C=O) groups excluding carboxylic acids is 2. The van der Waals surface area contributed by atoms with Crippen molar-refractivity contribution in [1.29, 1.82) is 0 Å². The Bertz CT molecular complexity index is 705. The second kappa shape index (κ2) is 9.04. The number of alkyl carbamates (subject to hydrolysis) is 1. The van der Waals surface area contributed by atoms with Crippen LogP contribution >= 0.6 is 0 Å². The summed E-state index contributed by atoms with van der Waals surface area (Å²) in [5, 5.41) is 2.58. The Morgan fingerprint density at radius 1 is 1.04 bits per heavy atom. The first-order chi connectivity index (χ1) is 12.4. The van der Waals surface area contributed by atoms with E-state index in [1.165, 1.54) is 0 Å². The van der Waals surface area contributed by atoms with E-state index in [2.05, 4.69) is 5.32 Å². The predicted octanol–water partition coefficient (Wildman–Crippen LogP) is 3.90. The smallest absolute Gasteiger partial charge is 0.408 e. The minimum atomic E-state index is -0.646. The van der Waals surface area contributed by atoms with Gasteiger partial charge in [-0.2, -0.15) is 0 Å². The number of carbonyl (C=O) groups is 2. The fourth-order valence-corrected chi connectivity index (χ4v) is 2.35. The molecule has 2 aromatic carbocycles. The zero-order valence-electron chi connectivity index (χ0n) is 15.4. The first kappa shape index (κ1) is 19.5. The van der Waals surface area contributed by atoms with Crippen LogP contribution in [0, 0.1) is 0 Å². The standard InChI is InChI=1S/C21H25NO4/c1-21(2,3)26-19-11-9-16(10-12-19)13-18(14-23)22-20(24)25-15-17-7-5-4-6-8-17/h4-12,14,18H,13,15H2,1-3H3,(H,22,24). The van der Waals surface area contributed by atoms with Crippen molar-refractivity contribution in [3.05, 3.63) is 65.7 Å². The number of amides is 1. The van der Waals surface area contributed by atoms with E-state index in [1.54, 1.807) is 0 Å². The fourth-order valence-electron chi connectivity index (χ4n) is 2.35. The van der Waals surface area contributed by atoms with Crippen molar-refractivity contribution in [3.8, 4) is 5.75 Å². The van der Waals surface area contributed by atoms with Crippen LogP contribution in [0.3, 0.4) is 0 Å². The summed E-state index contributed by atoms with van der Waals surface area (Å²) >= 11 is 0. The molecule has 2 rings (SSSR count). The highest BCUT2D eigenvalue weighted by Crippen LogP contribution is 2.19. The van der Waals surface area contributed by atoms with E-state index < -0.39 is 12.1 Å². The van der Waals surface area contributed by atoms with E-state index in [4.69, 9.17) is 9.47 Å². The van der Waals surface area contributed by atoms with E-state index in [0.717, 1.165) is 16.9 Å². The molecule has 5 heteroatoms. The highest BCUT2D eigenvalue weighted by atomic mass is 16.5. The molecule has 0 heterocycles. The summed E-state index contributed by atoms with van der Waals surface area (Å²) in [6.07, 6.45) is 0.488. The molecule has 0 saturated carbocycles. The van der Waals surface area contributed by atoms with Crippen LogP contribution in [0.4, 0.5) is 4.79 Å². The molecule has 0 spiro atoms. The maximum atomic E-state index is 11.9. The summed E-state index contributed by atoms with van der Waals surface area (Å²) in [6.45, 7) is 6.11. The van der Waals surface area contributed by atoms with Gasteiger partial charge in [0.25, 0.3) is 0 Å². The van der Waals surface area contributed by atoms with Crippen molar-refractivity contribution < 1.29 is 19.1 Å². The largest absolute Gasteiger partial charge is 0.488 e. The van der Waals surface area contributed by atoms with Gasteiger partial charge in [0.05, 0.1) is 6.04 Å². The van der Waals surface area contributed by atoms with Gasteiger partial charge in [0, 0.05) is 0 Å². The number of aldehydes is 1. The van der Waals surface area contributed by atoms with Gasteiger partial charge in [-0.25, -0.2) is 4.79 Å². The van der Waals surface area contributed by atoms with Gasteiger partial charge in [0.1, 0.15) is 24.2 Å². The highest BCUT2D eigenvalue weighted by molar-refractivity contribution is 5.73. The van der Waals surface area contributed by atoms with E-state index >= 15 is 0 Å². The van der Waals surface area contributed by atoms with Gasteiger partial charge in [0.15, 0.2) is 0 Å². The molecule has 0 aliphatic rings. The van der Waals surface area contributed by atoms with Crippen molar-refractivity contribution in [2.24, 2.45) is 0 Å². The van der Waals surface area contributed by atoms with Gasteiger partial charge in [-0.15, -0.1) is 0 Å². The van der Waals surface area contributed by atoms with Crippen molar-refractivity contribution in [3.63, 3.8) is 0 Å². The summed E-state index contributed by atoms with van der Waals surface area (Å²) in [5.74, 6) is 0.763. The molecule has 1 unspecified atom stereocenters. The van der Waals surface area contributed by atoms with E-state index in [9.17, 15) is 9.59 Å². The van der Waals surface area contributed by atoms with Gasteiger partial charge in [-0.05, 0) is 50.5 Å². The lowest BCUT2D eigenvalue weighted by Gasteiger charge is -2.21. The SMILES string of the molecule is CC(C)(C)Oc1ccc(CC(C=O)NC(=O)OCc2ccccc2)cc1. The first-order valence-electron chi connectivity index (χ1n) is 8.56. The van der Waals surface area contributed by atoms with Crippen molar-refractivity contribution >= 4 is 12.4 Å². The fraction of sp³-hybridized carbons (Fsp3) is 0.333. The third-order valence-corrected chi connectivity index (χ3v) is 3.48. The van der Waals surface area contributed by atoms with Gasteiger partial charge in [0.2, 0.25) is 0 Å². The molecule has 1 amide bonds. The number of hydrogen-bond acceptors (Lipinski definition) is 4. The van der Waals surface area contributed by atoms with Gasteiger partial charge < -0.3 is 19.6 Å². The third kappa shape index (κ3) is 6.97. The quantitative estimate of drug-likeness (QED) is 0.765. The third-order valence-electron chi connectivity index (χ3n) is 3.48. The monoisotopic (exact) mass is 355 g/mol. The number of hydrogen-bond donors (Lipinski definition) is 1. The summed E-state index contributed by atoms with van der Waals surface area (Å²) in [7, 11) is 0. The summed E-state index contributed by atoms with van der Waals surface area (Å²) in [6, 6.07) is 16.2. The lowest BCUT2D eigenvalue weighted by atomic mass is 10.1. The minimum Gasteiger partial charge on any atom is -0.488 e. The van der Waals surface area contributed by atoms with Crippen molar-refractivity contribution in [2.45, 2.75) is 45.4 Å². The normalized spacial score (nSPS) is 12.1. The Morgan fingerprint density at radius 3 is 2.27 bits per heavy atom. The Kier molecular flexibility index (Phi) is 6.78. The van der Waals surface area contributed by atoms with E-state index in [1.807, 2.05) is 75.4 Å². The number of nitrogens with one attached hydrogen (secondary N) is 1. The van der Waals surface area contributed by atoms with E-state index in [0.29, 0.717) is 12.7 Å². The molecule has 0 fully saturated rings. The number of ether oxygens (including phenoxy) is 2. The van der Waals surface area contributed by atoms with Gasteiger partial charge in [-0.3, -0.25) is 0 Å². The van der Waals surface area contributed by atoms with Crippen LogP contribution < -0.4 is 10.1 Å². The maximum absolute atomic E-state index is 11.9. The maximum Gasteiger partial charge on any atom is 0.408 e. The molecule has 0 aliphatic heterocycles. The van der Waals surface area contributed by atoms with Crippen molar-refractivity contribution in [2.75, 3.05) is 0 Å². The molecule has 5 nitrogen and oxygen atoms in total. The Morgan fingerprint density at radius 2 is 1.69 bits per heavy atom. The van der Waals surface area contributed by atoms with Crippen LogP contribution in [0.15, 0.2) is 54.6 Å². The molecule has 0 radical (unpaired) electrons. The van der Waals surface area contributed by atoms with Crippen LogP contribution in [0.2, 0.25) is 0 Å². The number of benzene rings is 2.